The largest absolute Gasteiger partial charge is 0.381 e. The predicted molar refractivity (Wildman–Crippen MR) is 74.5 cm³/mol. The summed E-state index contributed by atoms with van der Waals surface area (Å²) in [7, 11) is 0. The number of hydrogen-bond acceptors (Lipinski definition) is 2. The molecule has 1 aromatic rings. The average Bonchev–Trinajstić information content (AvgIpc) is 2.36. The van der Waals surface area contributed by atoms with Crippen LogP contribution in [0.4, 0.5) is 10.1 Å². The van der Waals surface area contributed by atoms with E-state index < -0.39 is 0 Å². The Morgan fingerprint density at radius 3 is 2.61 bits per heavy atom. The van der Waals surface area contributed by atoms with Crippen molar-refractivity contribution in [3.8, 4) is 0 Å². The van der Waals surface area contributed by atoms with Crippen LogP contribution in [0.1, 0.15) is 32.1 Å². The molecule has 0 saturated heterocycles. The molecule has 1 atom stereocenters. The molecule has 100 valence electrons. The molecule has 1 saturated carbocycles. The molecule has 0 aromatic heterocycles. The molecule has 1 unspecified atom stereocenters. The van der Waals surface area contributed by atoms with Crippen LogP contribution in [0.5, 0.6) is 0 Å². The summed E-state index contributed by atoms with van der Waals surface area (Å²) in [4.78, 5) is 0. The minimum Gasteiger partial charge on any atom is -0.381 e. The molecular weight excluding hydrogens is 251 g/mol. The second-order valence-corrected chi connectivity index (χ2v) is 5.48. The quantitative estimate of drug-likeness (QED) is 0.873. The minimum atomic E-state index is -0.315. The number of halogens is 2. The lowest BCUT2D eigenvalue weighted by Gasteiger charge is -2.30. The molecule has 3 N–H and O–H groups in total. The molecule has 1 aromatic carbocycles. The third kappa shape index (κ3) is 3.59. The Balaban J connectivity index is 2.04. The number of nitrogens with one attached hydrogen (secondary N) is 1. The van der Waals surface area contributed by atoms with E-state index in [4.69, 9.17) is 17.3 Å². The molecule has 0 heterocycles. The van der Waals surface area contributed by atoms with Gasteiger partial charge in [-0.1, -0.05) is 30.9 Å². The van der Waals surface area contributed by atoms with Crippen LogP contribution in [0.2, 0.25) is 5.02 Å². The van der Waals surface area contributed by atoms with Gasteiger partial charge in [-0.3, -0.25) is 0 Å². The van der Waals surface area contributed by atoms with E-state index in [1.165, 1.54) is 44.2 Å². The maximum atomic E-state index is 13.3. The van der Waals surface area contributed by atoms with E-state index in [1.807, 2.05) is 0 Å². The third-order valence-corrected chi connectivity index (χ3v) is 3.91. The Kier molecular flexibility index (Phi) is 4.84. The molecule has 0 amide bonds. The molecule has 1 fully saturated rings. The topological polar surface area (TPSA) is 38.0 Å². The zero-order chi connectivity index (χ0) is 13.0. The van der Waals surface area contributed by atoms with E-state index in [0.717, 1.165) is 5.69 Å². The monoisotopic (exact) mass is 270 g/mol. The summed E-state index contributed by atoms with van der Waals surface area (Å²) in [6, 6.07) is 4.74. The van der Waals surface area contributed by atoms with Gasteiger partial charge in [0.15, 0.2) is 0 Å². The van der Waals surface area contributed by atoms with E-state index in [2.05, 4.69) is 5.32 Å². The Bertz CT molecular complexity index is 371. The van der Waals surface area contributed by atoms with Gasteiger partial charge < -0.3 is 11.1 Å². The summed E-state index contributed by atoms with van der Waals surface area (Å²) in [6.07, 6.45) is 6.27. The number of benzene rings is 1. The van der Waals surface area contributed by atoms with E-state index >= 15 is 0 Å². The number of hydrogen-bond donors (Lipinski definition) is 2. The van der Waals surface area contributed by atoms with Crippen molar-refractivity contribution in [2.45, 2.75) is 38.1 Å². The van der Waals surface area contributed by atoms with Crippen LogP contribution < -0.4 is 11.1 Å². The molecule has 0 radical (unpaired) electrons. The van der Waals surface area contributed by atoms with Crippen molar-refractivity contribution in [2.24, 2.45) is 11.7 Å². The van der Waals surface area contributed by atoms with E-state index in [0.29, 0.717) is 17.5 Å². The predicted octanol–water partition coefficient (Wildman–Crippen LogP) is 3.80. The molecule has 0 spiro atoms. The second kappa shape index (κ2) is 6.39. The van der Waals surface area contributed by atoms with Crippen molar-refractivity contribution in [1.29, 1.82) is 0 Å². The van der Waals surface area contributed by atoms with Gasteiger partial charge in [0, 0.05) is 23.3 Å². The maximum absolute atomic E-state index is 13.3. The fourth-order valence-corrected chi connectivity index (χ4v) is 2.98. The van der Waals surface area contributed by atoms with Crippen molar-refractivity contribution < 1.29 is 4.39 Å². The van der Waals surface area contributed by atoms with Gasteiger partial charge in [0.1, 0.15) is 5.82 Å². The summed E-state index contributed by atoms with van der Waals surface area (Å²) in [5.41, 5.74) is 6.56. The van der Waals surface area contributed by atoms with Crippen LogP contribution in [-0.2, 0) is 0 Å². The van der Waals surface area contributed by atoms with Crippen molar-refractivity contribution in [2.75, 3.05) is 11.9 Å². The molecule has 4 heteroatoms. The fourth-order valence-electron chi connectivity index (χ4n) is 2.76. The molecule has 0 bridgehead atoms. The van der Waals surface area contributed by atoms with Crippen LogP contribution in [0.15, 0.2) is 18.2 Å². The van der Waals surface area contributed by atoms with Gasteiger partial charge in [-0.2, -0.15) is 0 Å². The second-order valence-electron chi connectivity index (χ2n) is 5.04. The Hall–Kier alpha value is -0.800. The highest BCUT2D eigenvalue weighted by Gasteiger charge is 2.22. The first-order valence-electron chi connectivity index (χ1n) is 6.62. The maximum Gasteiger partial charge on any atom is 0.126 e. The van der Waals surface area contributed by atoms with Crippen molar-refractivity contribution >= 4 is 17.3 Å². The van der Waals surface area contributed by atoms with Gasteiger partial charge in [0.2, 0.25) is 0 Å². The van der Waals surface area contributed by atoms with Gasteiger partial charge in [-0.25, -0.2) is 4.39 Å². The lowest BCUT2D eigenvalue weighted by molar-refractivity contribution is 0.320. The molecule has 1 aliphatic rings. The van der Waals surface area contributed by atoms with E-state index in [9.17, 15) is 4.39 Å². The van der Waals surface area contributed by atoms with Gasteiger partial charge in [0.25, 0.3) is 0 Å². The normalized spacial score (nSPS) is 18.6. The molecule has 0 aliphatic heterocycles. The van der Waals surface area contributed by atoms with Crippen LogP contribution in [0.25, 0.3) is 0 Å². The van der Waals surface area contributed by atoms with E-state index in [-0.39, 0.29) is 11.9 Å². The van der Waals surface area contributed by atoms with Crippen LogP contribution in [0, 0.1) is 11.7 Å². The van der Waals surface area contributed by atoms with Crippen LogP contribution >= 0.6 is 11.6 Å². The zero-order valence-corrected chi connectivity index (χ0v) is 11.2. The highest BCUT2D eigenvalue weighted by Crippen LogP contribution is 2.28. The van der Waals surface area contributed by atoms with Gasteiger partial charge in [-0.15, -0.1) is 0 Å². The lowest BCUT2D eigenvalue weighted by Crippen LogP contribution is -2.37. The minimum absolute atomic E-state index is 0.211. The smallest absolute Gasteiger partial charge is 0.126 e. The first kappa shape index (κ1) is 13.6. The lowest BCUT2D eigenvalue weighted by atomic mass is 9.84. The molecular formula is C14H20ClFN2. The van der Waals surface area contributed by atoms with Crippen LogP contribution in [0.3, 0.4) is 0 Å². The van der Waals surface area contributed by atoms with Gasteiger partial charge in [0.05, 0.1) is 0 Å². The molecule has 2 rings (SSSR count). The summed E-state index contributed by atoms with van der Waals surface area (Å²) < 4.78 is 13.3. The van der Waals surface area contributed by atoms with E-state index in [1.54, 1.807) is 6.07 Å². The molecule has 1 aliphatic carbocycles. The first-order valence-corrected chi connectivity index (χ1v) is 6.99. The summed E-state index contributed by atoms with van der Waals surface area (Å²) in [5, 5.41) is 3.74. The van der Waals surface area contributed by atoms with Crippen LogP contribution in [-0.4, -0.2) is 12.6 Å². The highest BCUT2D eigenvalue weighted by molar-refractivity contribution is 6.30. The standard InChI is InChI=1S/C14H20ClFN2/c15-11-6-12(16)8-13(7-11)18-14(9-17)10-4-2-1-3-5-10/h6-8,10,14,18H,1-5,9,17H2. The Morgan fingerprint density at radius 1 is 1.28 bits per heavy atom. The van der Waals surface area contributed by atoms with Crippen molar-refractivity contribution in [3.05, 3.63) is 29.0 Å². The number of nitrogens with two attached hydrogens (primary N) is 1. The van der Waals surface area contributed by atoms with Gasteiger partial charge >= 0.3 is 0 Å². The Labute approximate surface area is 113 Å². The highest BCUT2D eigenvalue weighted by atomic mass is 35.5. The fraction of sp³-hybridized carbons (Fsp3) is 0.571. The first-order chi connectivity index (χ1) is 8.69. The number of anilines is 1. The zero-order valence-electron chi connectivity index (χ0n) is 10.5. The number of rotatable bonds is 4. The van der Waals surface area contributed by atoms with Gasteiger partial charge in [-0.05, 0) is 37.0 Å². The van der Waals surface area contributed by atoms with Crippen molar-refractivity contribution in [1.82, 2.24) is 0 Å². The third-order valence-electron chi connectivity index (χ3n) is 3.69. The molecule has 18 heavy (non-hydrogen) atoms. The average molecular weight is 271 g/mol. The molecule has 2 nitrogen and oxygen atoms in total. The SMILES string of the molecule is NCC(Nc1cc(F)cc(Cl)c1)C1CCCCC1. The summed E-state index contributed by atoms with van der Waals surface area (Å²) in [5.74, 6) is 0.273. The Morgan fingerprint density at radius 2 is 2.00 bits per heavy atom. The van der Waals surface area contributed by atoms with Crippen molar-refractivity contribution in [3.63, 3.8) is 0 Å². The summed E-state index contributed by atoms with van der Waals surface area (Å²) in [6.45, 7) is 0.568. The summed E-state index contributed by atoms with van der Waals surface area (Å²) >= 11 is 5.85.